The topological polar surface area (TPSA) is 115 Å². The minimum Gasteiger partial charge on any atom is -0.392 e. The summed E-state index contributed by atoms with van der Waals surface area (Å²) < 4.78 is 26.8. The Bertz CT molecular complexity index is 795. The molecule has 0 aliphatic rings. The van der Waals surface area contributed by atoms with Gasteiger partial charge in [-0.15, -0.1) is 11.8 Å². The Labute approximate surface area is 138 Å². The van der Waals surface area contributed by atoms with Crippen molar-refractivity contribution in [2.75, 3.05) is 18.0 Å². The Morgan fingerprint density at radius 3 is 2.48 bits per heavy atom. The van der Waals surface area contributed by atoms with E-state index in [-0.39, 0.29) is 17.1 Å². The van der Waals surface area contributed by atoms with E-state index in [0.29, 0.717) is 5.75 Å². The average molecular weight is 353 g/mol. The van der Waals surface area contributed by atoms with Crippen molar-refractivity contribution in [2.45, 2.75) is 9.79 Å². The molecule has 0 radical (unpaired) electrons. The molecule has 0 aliphatic carbocycles. The van der Waals surface area contributed by atoms with Gasteiger partial charge in [0.25, 0.3) is 5.69 Å². The van der Waals surface area contributed by atoms with Crippen LogP contribution >= 0.6 is 11.8 Å². The number of nitro groups is 1. The lowest BCUT2D eigenvalue weighted by Gasteiger charge is -2.09. The number of anilines is 1. The van der Waals surface area contributed by atoms with Crippen LogP contribution < -0.4 is 10.5 Å². The first-order chi connectivity index (χ1) is 10.9. The van der Waals surface area contributed by atoms with Gasteiger partial charge in [-0.2, -0.15) is 0 Å². The fourth-order valence-corrected chi connectivity index (χ4v) is 3.96. The summed E-state index contributed by atoms with van der Waals surface area (Å²) in [5, 5.41) is 10.8. The monoisotopic (exact) mass is 353 g/mol. The lowest BCUT2D eigenvalue weighted by Crippen LogP contribution is -2.27. The molecule has 0 aliphatic heterocycles. The fourth-order valence-electron chi connectivity index (χ4n) is 1.87. The van der Waals surface area contributed by atoms with E-state index in [0.717, 1.165) is 4.90 Å². The summed E-state index contributed by atoms with van der Waals surface area (Å²) in [5.41, 5.74) is 4.81. The summed E-state index contributed by atoms with van der Waals surface area (Å²) in [4.78, 5) is 10.9. The molecule has 0 bridgehead atoms. The summed E-state index contributed by atoms with van der Waals surface area (Å²) >= 11 is 1.50. The van der Waals surface area contributed by atoms with Crippen LogP contribution in [0.15, 0.2) is 58.3 Å². The molecule has 0 spiro atoms. The molecular weight excluding hydrogens is 338 g/mol. The van der Waals surface area contributed by atoms with Crippen molar-refractivity contribution < 1.29 is 13.3 Å². The van der Waals surface area contributed by atoms with E-state index in [4.69, 9.17) is 5.73 Å². The fraction of sp³-hybridized carbons (Fsp3) is 0.143. The van der Waals surface area contributed by atoms with Gasteiger partial charge in [0.2, 0.25) is 10.0 Å². The van der Waals surface area contributed by atoms with Crippen molar-refractivity contribution in [1.29, 1.82) is 0 Å². The van der Waals surface area contributed by atoms with Gasteiger partial charge in [0, 0.05) is 23.3 Å². The van der Waals surface area contributed by atoms with E-state index in [9.17, 15) is 18.5 Å². The maximum absolute atomic E-state index is 12.2. The third kappa shape index (κ3) is 4.44. The second-order valence-corrected chi connectivity index (χ2v) is 7.41. The van der Waals surface area contributed by atoms with Crippen LogP contribution in [-0.2, 0) is 10.0 Å². The zero-order valence-corrected chi connectivity index (χ0v) is 13.6. The Morgan fingerprint density at radius 2 is 1.83 bits per heavy atom. The molecular formula is C14H15N3O4S2. The van der Waals surface area contributed by atoms with Gasteiger partial charge in [0.05, 0.1) is 4.92 Å². The molecule has 2 aromatic carbocycles. The van der Waals surface area contributed by atoms with Crippen LogP contribution in [0.2, 0.25) is 0 Å². The Balaban J connectivity index is 2.02. The quantitative estimate of drug-likeness (QED) is 0.259. The minimum atomic E-state index is -3.89. The van der Waals surface area contributed by atoms with Crippen LogP contribution in [0, 0.1) is 10.1 Å². The van der Waals surface area contributed by atoms with Gasteiger partial charge >= 0.3 is 0 Å². The number of hydrogen-bond acceptors (Lipinski definition) is 6. The van der Waals surface area contributed by atoms with Gasteiger partial charge in [0.15, 0.2) is 0 Å². The standard InChI is InChI=1S/C14H15N3O4S2/c15-14-12(17(18)19)7-4-8-13(14)23(20,21)16-9-10-22-11-5-2-1-3-6-11/h1-8,16H,9-10,15H2. The number of nitrogens with two attached hydrogens (primary N) is 1. The largest absolute Gasteiger partial charge is 0.392 e. The van der Waals surface area contributed by atoms with Gasteiger partial charge < -0.3 is 5.73 Å². The number of benzene rings is 2. The van der Waals surface area contributed by atoms with Gasteiger partial charge in [-0.05, 0) is 18.2 Å². The molecule has 0 aromatic heterocycles. The number of nitrogens with zero attached hydrogens (tertiary/aromatic N) is 1. The zero-order chi connectivity index (χ0) is 16.9. The van der Waals surface area contributed by atoms with E-state index in [1.165, 1.54) is 30.0 Å². The van der Waals surface area contributed by atoms with Crippen LogP contribution in [0.1, 0.15) is 0 Å². The first kappa shape index (κ1) is 17.3. The molecule has 0 unspecified atom stereocenters. The average Bonchev–Trinajstić information content (AvgIpc) is 2.52. The second-order valence-electron chi connectivity index (χ2n) is 4.51. The minimum absolute atomic E-state index is 0.185. The van der Waals surface area contributed by atoms with Gasteiger partial charge in [-0.3, -0.25) is 10.1 Å². The normalized spacial score (nSPS) is 11.3. The summed E-state index contributed by atoms with van der Waals surface area (Å²) in [6.45, 7) is 0.185. The number of nitrogen functional groups attached to an aromatic ring is 1. The third-order valence-corrected chi connectivity index (χ3v) is 5.47. The molecule has 2 rings (SSSR count). The van der Waals surface area contributed by atoms with Crippen molar-refractivity contribution in [3.05, 3.63) is 58.6 Å². The molecule has 0 atom stereocenters. The Morgan fingerprint density at radius 1 is 1.13 bits per heavy atom. The number of nitro benzene ring substituents is 1. The number of sulfonamides is 1. The predicted molar refractivity (Wildman–Crippen MR) is 89.9 cm³/mol. The molecule has 0 heterocycles. The number of hydrogen-bond donors (Lipinski definition) is 2. The second kappa shape index (κ2) is 7.44. The smallest absolute Gasteiger partial charge is 0.293 e. The summed E-state index contributed by atoms with van der Waals surface area (Å²) in [7, 11) is -3.89. The molecule has 23 heavy (non-hydrogen) atoms. The highest BCUT2D eigenvalue weighted by Gasteiger charge is 2.23. The molecule has 9 heteroatoms. The molecule has 0 saturated carbocycles. The molecule has 0 fully saturated rings. The van der Waals surface area contributed by atoms with Gasteiger partial charge in [-0.1, -0.05) is 24.3 Å². The Hall–Kier alpha value is -2.10. The predicted octanol–water partition coefficient (Wildman–Crippen LogP) is 2.25. The van der Waals surface area contributed by atoms with Crippen molar-refractivity contribution in [3.63, 3.8) is 0 Å². The van der Waals surface area contributed by atoms with E-state index >= 15 is 0 Å². The van der Waals surface area contributed by atoms with Crippen LogP contribution in [-0.4, -0.2) is 25.6 Å². The summed E-state index contributed by atoms with van der Waals surface area (Å²) in [6.07, 6.45) is 0. The van der Waals surface area contributed by atoms with Crippen molar-refractivity contribution in [2.24, 2.45) is 0 Å². The lowest BCUT2D eigenvalue weighted by atomic mass is 10.3. The van der Waals surface area contributed by atoms with Crippen LogP contribution in [0.25, 0.3) is 0 Å². The number of para-hydroxylation sites is 1. The molecule has 7 nitrogen and oxygen atoms in total. The summed E-state index contributed by atoms with van der Waals surface area (Å²) in [6, 6.07) is 13.3. The van der Waals surface area contributed by atoms with E-state index in [2.05, 4.69) is 4.72 Å². The SMILES string of the molecule is Nc1c([N+](=O)[O-])cccc1S(=O)(=O)NCCSc1ccccc1. The molecule has 0 amide bonds. The zero-order valence-electron chi connectivity index (χ0n) is 12.0. The molecule has 3 N–H and O–H groups in total. The molecule has 122 valence electrons. The maximum atomic E-state index is 12.2. The molecule has 0 saturated heterocycles. The maximum Gasteiger partial charge on any atom is 0.293 e. The van der Waals surface area contributed by atoms with E-state index in [1.807, 2.05) is 30.3 Å². The Kier molecular flexibility index (Phi) is 5.59. The van der Waals surface area contributed by atoms with Gasteiger partial charge in [-0.25, -0.2) is 13.1 Å². The highest BCUT2D eigenvalue weighted by Crippen LogP contribution is 2.28. The number of rotatable bonds is 7. The lowest BCUT2D eigenvalue weighted by molar-refractivity contribution is -0.384. The number of nitrogens with one attached hydrogen (secondary N) is 1. The first-order valence-electron chi connectivity index (χ1n) is 6.62. The highest BCUT2D eigenvalue weighted by molar-refractivity contribution is 7.99. The van der Waals surface area contributed by atoms with Crippen LogP contribution in [0.5, 0.6) is 0 Å². The van der Waals surface area contributed by atoms with Crippen LogP contribution in [0.4, 0.5) is 11.4 Å². The van der Waals surface area contributed by atoms with E-state index < -0.39 is 20.6 Å². The first-order valence-corrected chi connectivity index (χ1v) is 9.09. The third-order valence-electron chi connectivity index (χ3n) is 2.94. The van der Waals surface area contributed by atoms with E-state index in [1.54, 1.807) is 0 Å². The van der Waals surface area contributed by atoms with Crippen molar-refractivity contribution >= 4 is 33.2 Å². The van der Waals surface area contributed by atoms with Crippen LogP contribution in [0.3, 0.4) is 0 Å². The summed E-state index contributed by atoms with van der Waals surface area (Å²) in [5.74, 6) is 0.526. The van der Waals surface area contributed by atoms with Gasteiger partial charge in [0.1, 0.15) is 10.6 Å². The number of thioether (sulfide) groups is 1. The molecule has 2 aromatic rings. The van der Waals surface area contributed by atoms with Crippen molar-refractivity contribution in [1.82, 2.24) is 4.72 Å². The highest BCUT2D eigenvalue weighted by atomic mass is 32.2. The van der Waals surface area contributed by atoms with Crippen molar-refractivity contribution in [3.8, 4) is 0 Å².